The van der Waals surface area contributed by atoms with Crippen molar-refractivity contribution >= 4 is 33.2 Å². The lowest BCUT2D eigenvalue weighted by Gasteiger charge is -2.28. The van der Waals surface area contributed by atoms with Crippen molar-refractivity contribution in [2.45, 2.75) is 32.1 Å². The molecule has 0 aliphatic heterocycles. The lowest BCUT2D eigenvalue weighted by Crippen LogP contribution is -2.38. The smallest absolute Gasteiger partial charge is 0.207 e. The molecule has 0 aromatic heterocycles. The van der Waals surface area contributed by atoms with Gasteiger partial charge in [-0.05, 0) is 23.6 Å². The van der Waals surface area contributed by atoms with E-state index in [1.165, 1.54) is 22.5 Å². The summed E-state index contributed by atoms with van der Waals surface area (Å²) in [6, 6.07) is 6.18. The van der Waals surface area contributed by atoms with Crippen LogP contribution in [0.15, 0.2) is 23.1 Å². The fourth-order valence-corrected chi connectivity index (χ4v) is 4.21. The second-order valence-electron chi connectivity index (χ2n) is 5.91. The Bertz CT molecular complexity index is 626. The first kappa shape index (κ1) is 18.2. The molecule has 0 saturated carbocycles. The summed E-state index contributed by atoms with van der Waals surface area (Å²) in [5, 5.41) is 9.25. The summed E-state index contributed by atoms with van der Waals surface area (Å²) in [7, 11) is -3.74. The van der Waals surface area contributed by atoms with E-state index in [9.17, 15) is 8.42 Å². The number of hydrogen-bond acceptors (Lipinski definition) is 3. The van der Waals surface area contributed by atoms with E-state index in [2.05, 4.69) is 0 Å². The molecule has 0 atom stereocenters. The molecule has 116 valence electrons. The first-order valence-corrected chi connectivity index (χ1v) is 8.59. The number of sulfonamides is 1. The molecule has 0 heterocycles. The minimum absolute atomic E-state index is 0.0437. The van der Waals surface area contributed by atoms with Gasteiger partial charge in [-0.1, -0.05) is 44.0 Å². The summed E-state index contributed by atoms with van der Waals surface area (Å²) >= 11 is 11.8. The summed E-state index contributed by atoms with van der Waals surface area (Å²) in [5.41, 5.74) is -0.231. The molecule has 21 heavy (non-hydrogen) atoms. The molecule has 0 spiro atoms. The number of hydrogen-bond donors (Lipinski definition) is 0. The highest BCUT2D eigenvalue weighted by atomic mass is 35.5. The van der Waals surface area contributed by atoms with Gasteiger partial charge in [0.1, 0.15) is 0 Å². The molecule has 7 heteroatoms. The topological polar surface area (TPSA) is 61.2 Å². The van der Waals surface area contributed by atoms with Crippen molar-refractivity contribution in [2.75, 3.05) is 13.1 Å². The average molecular weight is 349 g/mol. The maximum absolute atomic E-state index is 12.7. The molecular weight excluding hydrogens is 331 g/mol. The highest BCUT2D eigenvalue weighted by molar-refractivity contribution is 7.89. The van der Waals surface area contributed by atoms with Gasteiger partial charge < -0.3 is 0 Å². The third-order valence-corrected chi connectivity index (χ3v) is 4.86. The van der Waals surface area contributed by atoms with Crippen LogP contribution in [0.4, 0.5) is 0 Å². The fourth-order valence-electron chi connectivity index (χ4n) is 1.81. The van der Waals surface area contributed by atoms with Crippen molar-refractivity contribution < 1.29 is 8.42 Å². The molecule has 0 aliphatic carbocycles. The molecule has 0 fully saturated rings. The van der Waals surface area contributed by atoms with E-state index < -0.39 is 10.0 Å². The van der Waals surface area contributed by atoms with E-state index in [1.54, 1.807) is 0 Å². The predicted molar refractivity (Wildman–Crippen MR) is 84.9 cm³/mol. The van der Waals surface area contributed by atoms with Crippen molar-refractivity contribution in [3.63, 3.8) is 0 Å². The number of rotatable bonds is 5. The van der Waals surface area contributed by atoms with Crippen LogP contribution in [0.1, 0.15) is 27.2 Å². The molecule has 0 aliphatic rings. The van der Waals surface area contributed by atoms with E-state index in [0.29, 0.717) is 6.54 Å². The van der Waals surface area contributed by atoms with Gasteiger partial charge in [0.2, 0.25) is 10.0 Å². The van der Waals surface area contributed by atoms with Crippen molar-refractivity contribution in [3.8, 4) is 6.07 Å². The Balaban J connectivity index is 3.23. The molecule has 0 unspecified atom stereocenters. The van der Waals surface area contributed by atoms with E-state index >= 15 is 0 Å². The monoisotopic (exact) mass is 348 g/mol. The predicted octanol–water partition coefficient (Wildman–Crippen LogP) is 3.94. The molecular formula is C14H18Cl2N2O2S. The second kappa shape index (κ2) is 6.97. The quantitative estimate of drug-likeness (QED) is 0.809. The SMILES string of the molecule is CC(C)(C)CN(CCC#N)S(=O)(=O)c1cc(Cl)cc(Cl)c1. The minimum Gasteiger partial charge on any atom is -0.207 e. The maximum atomic E-state index is 12.7. The zero-order valence-electron chi connectivity index (χ0n) is 12.2. The Morgan fingerprint density at radius 2 is 1.71 bits per heavy atom. The summed E-state index contributed by atoms with van der Waals surface area (Å²) < 4.78 is 26.7. The Labute approximate surface area is 136 Å². The van der Waals surface area contributed by atoms with Crippen LogP contribution in [0.3, 0.4) is 0 Å². The Hall–Kier alpha value is -0.800. The van der Waals surface area contributed by atoms with Crippen LogP contribution in [0.2, 0.25) is 10.0 Å². The van der Waals surface area contributed by atoms with Crippen LogP contribution in [-0.4, -0.2) is 25.8 Å². The Kier molecular flexibility index (Phi) is 6.06. The first-order valence-electron chi connectivity index (χ1n) is 6.39. The summed E-state index contributed by atoms with van der Waals surface area (Å²) in [4.78, 5) is 0.0437. The molecule has 1 aromatic rings. The second-order valence-corrected chi connectivity index (χ2v) is 8.72. The van der Waals surface area contributed by atoms with Crippen LogP contribution >= 0.6 is 23.2 Å². The van der Waals surface area contributed by atoms with E-state index in [0.717, 1.165) is 0 Å². The highest BCUT2D eigenvalue weighted by Crippen LogP contribution is 2.27. The van der Waals surface area contributed by atoms with E-state index in [1.807, 2.05) is 26.8 Å². The van der Waals surface area contributed by atoms with Crippen molar-refractivity contribution in [3.05, 3.63) is 28.2 Å². The molecule has 1 aromatic carbocycles. The third-order valence-electron chi connectivity index (χ3n) is 2.60. The Morgan fingerprint density at radius 3 is 2.14 bits per heavy atom. The number of halogens is 2. The number of nitrogens with zero attached hydrogens (tertiary/aromatic N) is 2. The molecule has 4 nitrogen and oxygen atoms in total. The molecule has 0 radical (unpaired) electrons. The van der Waals surface area contributed by atoms with Crippen molar-refractivity contribution in [2.24, 2.45) is 5.41 Å². The van der Waals surface area contributed by atoms with Gasteiger partial charge in [0, 0.05) is 29.6 Å². The van der Waals surface area contributed by atoms with Crippen LogP contribution in [-0.2, 0) is 10.0 Å². The summed E-state index contributed by atoms with van der Waals surface area (Å²) in [6.45, 7) is 6.26. The normalized spacial score (nSPS) is 12.4. The van der Waals surface area contributed by atoms with Gasteiger partial charge in [0.25, 0.3) is 0 Å². The summed E-state index contributed by atoms with van der Waals surface area (Å²) in [5.74, 6) is 0. The minimum atomic E-state index is -3.74. The fraction of sp³-hybridized carbons (Fsp3) is 0.500. The highest BCUT2D eigenvalue weighted by Gasteiger charge is 2.28. The first-order chi connectivity index (χ1) is 9.56. The molecule has 0 saturated heterocycles. The van der Waals surface area contributed by atoms with Crippen LogP contribution in [0.5, 0.6) is 0 Å². The lowest BCUT2D eigenvalue weighted by molar-refractivity contribution is 0.285. The molecule has 0 amide bonds. The molecule has 1 rings (SSSR count). The van der Waals surface area contributed by atoms with Gasteiger partial charge in [-0.3, -0.25) is 0 Å². The van der Waals surface area contributed by atoms with E-state index in [4.69, 9.17) is 28.5 Å². The van der Waals surface area contributed by atoms with Gasteiger partial charge in [0.15, 0.2) is 0 Å². The largest absolute Gasteiger partial charge is 0.243 e. The standard InChI is InChI=1S/C14H18Cl2N2O2S/c1-14(2,3)10-18(6-4-5-17)21(19,20)13-8-11(15)7-12(16)9-13/h7-9H,4,6,10H2,1-3H3. The zero-order valence-corrected chi connectivity index (χ0v) is 14.6. The van der Waals surface area contributed by atoms with Crippen molar-refractivity contribution in [1.29, 1.82) is 5.26 Å². The van der Waals surface area contributed by atoms with Gasteiger partial charge in [0.05, 0.1) is 11.0 Å². The average Bonchev–Trinajstić information content (AvgIpc) is 2.31. The number of nitriles is 1. The molecule has 0 bridgehead atoms. The van der Waals surface area contributed by atoms with Crippen molar-refractivity contribution in [1.82, 2.24) is 4.31 Å². The molecule has 0 N–H and O–H groups in total. The van der Waals surface area contributed by atoms with Crippen LogP contribution in [0.25, 0.3) is 0 Å². The van der Waals surface area contributed by atoms with Gasteiger partial charge in [-0.2, -0.15) is 9.57 Å². The zero-order chi connectivity index (χ0) is 16.3. The summed E-state index contributed by atoms with van der Waals surface area (Å²) in [6.07, 6.45) is 0.129. The van der Waals surface area contributed by atoms with Gasteiger partial charge in [-0.15, -0.1) is 0 Å². The maximum Gasteiger partial charge on any atom is 0.243 e. The van der Waals surface area contributed by atoms with Crippen LogP contribution in [0, 0.1) is 16.7 Å². The Morgan fingerprint density at radius 1 is 1.19 bits per heavy atom. The number of benzene rings is 1. The van der Waals surface area contributed by atoms with Crippen LogP contribution < -0.4 is 0 Å². The van der Waals surface area contributed by atoms with E-state index in [-0.39, 0.29) is 33.3 Å². The van der Waals surface area contributed by atoms with Gasteiger partial charge >= 0.3 is 0 Å². The van der Waals surface area contributed by atoms with Gasteiger partial charge in [-0.25, -0.2) is 8.42 Å². The lowest BCUT2D eigenvalue weighted by atomic mass is 9.97. The third kappa shape index (κ3) is 5.48.